The van der Waals surface area contributed by atoms with Gasteiger partial charge in [-0.05, 0) is 38.1 Å². The number of aromatic nitrogens is 1. The summed E-state index contributed by atoms with van der Waals surface area (Å²) in [6.07, 6.45) is 1.70. The topological polar surface area (TPSA) is 58.3 Å². The monoisotopic (exact) mass is 232 g/mol. The van der Waals surface area contributed by atoms with Crippen molar-refractivity contribution >= 4 is 5.82 Å². The quantitative estimate of drug-likeness (QED) is 0.849. The van der Waals surface area contributed by atoms with Gasteiger partial charge in [-0.3, -0.25) is 0 Å². The van der Waals surface area contributed by atoms with Crippen LogP contribution in [0.3, 0.4) is 0 Å². The maximum absolute atomic E-state index is 10.3. The van der Waals surface area contributed by atoms with E-state index in [0.29, 0.717) is 12.3 Å². The number of furan rings is 1. The Balaban J connectivity index is 2.03. The second-order valence-corrected chi connectivity index (χ2v) is 4.25. The summed E-state index contributed by atoms with van der Waals surface area (Å²) >= 11 is 0. The van der Waals surface area contributed by atoms with Crippen molar-refractivity contribution in [3.8, 4) is 0 Å². The highest BCUT2D eigenvalue weighted by Gasteiger charge is 2.26. The lowest BCUT2D eigenvalue weighted by molar-refractivity contribution is 0.0467. The van der Waals surface area contributed by atoms with Gasteiger partial charge in [0.15, 0.2) is 0 Å². The van der Waals surface area contributed by atoms with Gasteiger partial charge in [-0.2, -0.15) is 0 Å². The Kier molecular flexibility index (Phi) is 3.15. The van der Waals surface area contributed by atoms with E-state index in [-0.39, 0.29) is 0 Å². The molecule has 2 aromatic heterocycles. The van der Waals surface area contributed by atoms with Crippen molar-refractivity contribution in [2.45, 2.75) is 19.4 Å². The Morgan fingerprint density at radius 2 is 2.18 bits per heavy atom. The SMILES string of the molecule is Cc1ccc(C(C)(O)CNc2ccccn2)o1. The molecule has 4 nitrogen and oxygen atoms in total. The second kappa shape index (κ2) is 4.59. The fourth-order valence-electron chi connectivity index (χ4n) is 1.54. The minimum atomic E-state index is -1.05. The second-order valence-electron chi connectivity index (χ2n) is 4.25. The van der Waals surface area contributed by atoms with Crippen LogP contribution in [-0.2, 0) is 5.60 Å². The molecule has 1 unspecified atom stereocenters. The number of nitrogens with one attached hydrogen (secondary N) is 1. The van der Waals surface area contributed by atoms with Gasteiger partial charge in [-0.1, -0.05) is 6.07 Å². The molecule has 0 saturated heterocycles. The van der Waals surface area contributed by atoms with Crippen LogP contribution in [0.4, 0.5) is 5.82 Å². The largest absolute Gasteiger partial charge is 0.463 e. The molecule has 90 valence electrons. The molecule has 2 heterocycles. The van der Waals surface area contributed by atoms with Crippen molar-refractivity contribution in [3.05, 3.63) is 48.0 Å². The van der Waals surface area contributed by atoms with Crippen LogP contribution in [0, 0.1) is 6.92 Å². The number of rotatable bonds is 4. The van der Waals surface area contributed by atoms with Crippen LogP contribution in [0.25, 0.3) is 0 Å². The molecule has 2 aromatic rings. The number of aliphatic hydroxyl groups is 1. The lowest BCUT2D eigenvalue weighted by atomic mass is 10.0. The third kappa shape index (κ3) is 2.85. The van der Waals surface area contributed by atoms with Crippen LogP contribution in [0.15, 0.2) is 40.9 Å². The van der Waals surface area contributed by atoms with Gasteiger partial charge in [0.05, 0.1) is 6.54 Å². The van der Waals surface area contributed by atoms with Crippen molar-refractivity contribution in [1.29, 1.82) is 0 Å². The predicted molar refractivity (Wildman–Crippen MR) is 65.7 cm³/mol. The highest BCUT2D eigenvalue weighted by molar-refractivity contribution is 5.34. The number of pyridine rings is 1. The Bertz CT molecular complexity index is 477. The smallest absolute Gasteiger partial charge is 0.137 e. The maximum atomic E-state index is 10.3. The third-order valence-electron chi connectivity index (χ3n) is 2.55. The normalized spacial score (nSPS) is 14.3. The molecule has 0 aromatic carbocycles. The summed E-state index contributed by atoms with van der Waals surface area (Å²) < 4.78 is 5.43. The molecule has 0 saturated carbocycles. The van der Waals surface area contributed by atoms with Crippen molar-refractivity contribution in [3.63, 3.8) is 0 Å². The highest BCUT2D eigenvalue weighted by Crippen LogP contribution is 2.23. The first kappa shape index (κ1) is 11.7. The van der Waals surface area contributed by atoms with Crippen LogP contribution in [0.1, 0.15) is 18.4 Å². The van der Waals surface area contributed by atoms with E-state index in [2.05, 4.69) is 10.3 Å². The van der Waals surface area contributed by atoms with Gasteiger partial charge in [-0.15, -0.1) is 0 Å². The fourth-order valence-corrected chi connectivity index (χ4v) is 1.54. The standard InChI is InChI=1S/C13H16N2O2/c1-10-6-7-11(17-10)13(2,16)9-15-12-5-3-4-8-14-12/h3-8,16H,9H2,1-2H3,(H,14,15). The molecule has 0 spiro atoms. The summed E-state index contributed by atoms with van der Waals surface area (Å²) in [5.41, 5.74) is -1.05. The number of hydrogen-bond donors (Lipinski definition) is 2. The van der Waals surface area contributed by atoms with Gasteiger partial charge in [0, 0.05) is 6.20 Å². The lowest BCUT2D eigenvalue weighted by Crippen LogP contribution is -2.30. The van der Waals surface area contributed by atoms with Crippen molar-refractivity contribution in [1.82, 2.24) is 4.98 Å². The minimum absolute atomic E-state index is 0.344. The minimum Gasteiger partial charge on any atom is -0.463 e. The van der Waals surface area contributed by atoms with Crippen molar-refractivity contribution in [2.75, 3.05) is 11.9 Å². The first-order valence-corrected chi connectivity index (χ1v) is 5.52. The van der Waals surface area contributed by atoms with Crippen LogP contribution in [0.5, 0.6) is 0 Å². The van der Waals surface area contributed by atoms with E-state index in [0.717, 1.165) is 11.6 Å². The summed E-state index contributed by atoms with van der Waals surface area (Å²) in [6.45, 7) is 3.91. The van der Waals surface area contributed by atoms with Crippen LogP contribution in [0.2, 0.25) is 0 Å². The van der Waals surface area contributed by atoms with E-state index >= 15 is 0 Å². The van der Waals surface area contributed by atoms with E-state index in [1.165, 1.54) is 0 Å². The maximum Gasteiger partial charge on any atom is 0.137 e. The van der Waals surface area contributed by atoms with Gasteiger partial charge < -0.3 is 14.8 Å². The predicted octanol–water partition coefficient (Wildman–Crippen LogP) is 2.30. The summed E-state index contributed by atoms with van der Waals surface area (Å²) in [6, 6.07) is 9.21. The lowest BCUT2D eigenvalue weighted by Gasteiger charge is -2.21. The molecular formula is C13H16N2O2. The number of hydrogen-bond acceptors (Lipinski definition) is 4. The van der Waals surface area contributed by atoms with Gasteiger partial charge >= 0.3 is 0 Å². The summed E-state index contributed by atoms with van der Waals surface area (Å²) in [5.74, 6) is 2.08. The number of aryl methyl sites for hydroxylation is 1. The van der Waals surface area contributed by atoms with E-state index in [4.69, 9.17) is 4.42 Å². The molecule has 0 fully saturated rings. The van der Waals surface area contributed by atoms with E-state index in [9.17, 15) is 5.11 Å². The van der Waals surface area contributed by atoms with Crippen LogP contribution >= 0.6 is 0 Å². The number of anilines is 1. The first-order chi connectivity index (χ1) is 8.08. The molecule has 0 radical (unpaired) electrons. The van der Waals surface area contributed by atoms with Gasteiger partial charge in [0.25, 0.3) is 0 Å². The zero-order chi connectivity index (χ0) is 12.3. The Morgan fingerprint density at radius 3 is 2.76 bits per heavy atom. The summed E-state index contributed by atoms with van der Waals surface area (Å²) in [7, 11) is 0. The molecule has 0 bridgehead atoms. The fraction of sp³-hybridized carbons (Fsp3) is 0.308. The van der Waals surface area contributed by atoms with E-state index in [1.54, 1.807) is 19.2 Å². The average Bonchev–Trinajstić information content (AvgIpc) is 2.76. The third-order valence-corrected chi connectivity index (χ3v) is 2.55. The molecule has 0 aliphatic rings. The summed E-state index contributed by atoms with van der Waals surface area (Å²) in [5, 5.41) is 13.3. The molecular weight excluding hydrogens is 216 g/mol. The van der Waals surface area contributed by atoms with Gasteiger partial charge in [0.1, 0.15) is 22.9 Å². The molecule has 0 aliphatic heterocycles. The summed E-state index contributed by atoms with van der Waals surface area (Å²) in [4.78, 5) is 4.13. The van der Waals surface area contributed by atoms with Crippen molar-refractivity contribution in [2.24, 2.45) is 0 Å². The Labute approximate surface area is 100 Å². The molecule has 17 heavy (non-hydrogen) atoms. The number of nitrogens with zero attached hydrogens (tertiary/aromatic N) is 1. The zero-order valence-electron chi connectivity index (χ0n) is 9.97. The molecule has 1 atom stereocenters. The Morgan fingerprint density at radius 1 is 1.35 bits per heavy atom. The van der Waals surface area contributed by atoms with Crippen LogP contribution < -0.4 is 5.32 Å². The molecule has 2 N–H and O–H groups in total. The average molecular weight is 232 g/mol. The zero-order valence-corrected chi connectivity index (χ0v) is 9.97. The van der Waals surface area contributed by atoms with Gasteiger partial charge in [0.2, 0.25) is 0 Å². The highest BCUT2D eigenvalue weighted by atomic mass is 16.4. The van der Waals surface area contributed by atoms with Crippen LogP contribution in [-0.4, -0.2) is 16.6 Å². The molecule has 0 amide bonds. The Hall–Kier alpha value is -1.81. The first-order valence-electron chi connectivity index (χ1n) is 5.52. The van der Waals surface area contributed by atoms with Gasteiger partial charge in [-0.25, -0.2) is 4.98 Å². The van der Waals surface area contributed by atoms with E-state index < -0.39 is 5.60 Å². The molecule has 4 heteroatoms. The molecule has 2 rings (SSSR count). The van der Waals surface area contributed by atoms with E-state index in [1.807, 2.05) is 31.2 Å². The van der Waals surface area contributed by atoms with Crippen molar-refractivity contribution < 1.29 is 9.52 Å². The molecule has 0 aliphatic carbocycles.